The van der Waals surface area contributed by atoms with Crippen molar-refractivity contribution >= 4 is 44.5 Å². The molecule has 0 aliphatic heterocycles. The molecular weight excluding hydrogens is 492 g/mol. The predicted molar refractivity (Wildman–Crippen MR) is 157 cm³/mol. The second-order valence-electron chi connectivity index (χ2n) is 9.46. The van der Waals surface area contributed by atoms with Crippen molar-refractivity contribution in [1.29, 1.82) is 0 Å². The van der Waals surface area contributed by atoms with Gasteiger partial charge in [-0.3, -0.25) is 19.9 Å². The van der Waals surface area contributed by atoms with Crippen molar-refractivity contribution in [3.8, 4) is 21.8 Å². The molecule has 0 fully saturated rings. The van der Waals surface area contributed by atoms with Gasteiger partial charge < -0.3 is 10.3 Å². The normalized spacial score (nSPS) is 12.5. The number of carbonyl (C=O) groups is 1. The standard InChI is InChI=1S/C30H30N6OS/c1-6-31-13-18(4)10-20(9-17(2)3)24-12-22-27(16-33-24)35-36-30(22)25-11-21-23(14-32-15-26(21)34-25)29-8-7-28(38-29)19(5)37/h7-12,14-16,31,34H,2,6,13H2,1,3-5H3,(H,35,36)/b18-10+,20-9+. The number of rotatable bonds is 9. The molecule has 7 nitrogen and oxygen atoms in total. The van der Waals surface area contributed by atoms with Crippen molar-refractivity contribution in [1.82, 2.24) is 30.5 Å². The molecule has 0 spiro atoms. The second-order valence-corrected chi connectivity index (χ2v) is 10.5. The SMILES string of the molecule is C=C(C)/C=C(\C=C(/C)CNCC)c1cc2c(-c3cc4c(-c5ccc(C(C)=O)s5)cncc4[nH]3)n[nH]c2cn1. The summed E-state index contributed by atoms with van der Waals surface area (Å²) in [6.07, 6.45) is 9.70. The third-order valence-corrected chi connectivity index (χ3v) is 7.44. The smallest absolute Gasteiger partial charge is 0.169 e. The number of aromatic amines is 2. The lowest BCUT2D eigenvalue weighted by Crippen LogP contribution is -2.14. The molecule has 0 aliphatic carbocycles. The molecule has 5 heterocycles. The Morgan fingerprint density at radius 1 is 1.08 bits per heavy atom. The highest BCUT2D eigenvalue weighted by atomic mass is 32.1. The number of hydrogen-bond donors (Lipinski definition) is 3. The molecule has 0 saturated heterocycles. The zero-order valence-corrected chi connectivity index (χ0v) is 22.8. The molecule has 0 saturated carbocycles. The number of allylic oxidation sites excluding steroid dienone is 4. The first-order chi connectivity index (χ1) is 18.3. The summed E-state index contributed by atoms with van der Waals surface area (Å²) in [6, 6.07) is 8.02. The van der Waals surface area contributed by atoms with Crippen molar-refractivity contribution in [2.24, 2.45) is 0 Å². The van der Waals surface area contributed by atoms with Gasteiger partial charge in [-0.1, -0.05) is 36.8 Å². The summed E-state index contributed by atoms with van der Waals surface area (Å²) in [5.74, 6) is 0.0651. The van der Waals surface area contributed by atoms with E-state index in [1.165, 1.54) is 16.9 Å². The third-order valence-electron chi connectivity index (χ3n) is 6.22. The van der Waals surface area contributed by atoms with Crippen molar-refractivity contribution < 1.29 is 4.79 Å². The van der Waals surface area contributed by atoms with Crippen molar-refractivity contribution in [2.45, 2.75) is 27.7 Å². The molecule has 0 aliphatic rings. The lowest BCUT2D eigenvalue weighted by molar-refractivity contribution is 0.102. The molecule has 8 heteroatoms. The average Bonchev–Trinajstić information content (AvgIpc) is 3.64. The van der Waals surface area contributed by atoms with E-state index in [-0.39, 0.29) is 5.78 Å². The van der Waals surface area contributed by atoms with Gasteiger partial charge in [0.15, 0.2) is 5.78 Å². The topological polar surface area (TPSA) is 99.4 Å². The average molecular weight is 523 g/mol. The first-order valence-electron chi connectivity index (χ1n) is 12.5. The molecule has 5 rings (SSSR count). The predicted octanol–water partition coefficient (Wildman–Crippen LogP) is 6.95. The molecule has 0 radical (unpaired) electrons. The van der Waals surface area contributed by atoms with Crippen LogP contribution in [0.4, 0.5) is 0 Å². The minimum atomic E-state index is 0.0651. The summed E-state index contributed by atoms with van der Waals surface area (Å²) < 4.78 is 0. The van der Waals surface area contributed by atoms with Crippen LogP contribution in [-0.4, -0.2) is 44.0 Å². The fourth-order valence-corrected chi connectivity index (χ4v) is 5.35. The first-order valence-corrected chi connectivity index (χ1v) is 13.3. The summed E-state index contributed by atoms with van der Waals surface area (Å²) in [6.45, 7) is 13.6. The highest BCUT2D eigenvalue weighted by Crippen LogP contribution is 2.36. The molecule has 38 heavy (non-hydrogen) atoms. The Hall–Kier alpha value is -4.14. The Bertz CT molecular complexity index is 1730. The second kappa shape index (κ2) is 10.7. The number of thiophene rings is 1. The number of nitrogens with one attached hydrogen (secondary N) is 3. The largest absolute Gasteiger partial charge is 0.352 e. The van der Waals surface area contributed by atoms with Crippen LogP contribution in [0.15, 0.2) is 72.7 Å². The van der Waals surface area contributed by atoms with Gasteiger partial charge in [-0.2, -0.15) is 5.10 Å². The van der Waals surface area contributed by atoms with E-state index in [0.29, 0.717) is 0 Å². The minimum Gasteiger partial charge on any atom is -0.352 e. The van der Waals surface area contributed by atoms with E-state index < -0.39 is 0 Å². The fraction of sp³-hybridized carbons (Fsp3) is 0.200. The summed E-state index contributed by atoms with van der Waals surface area (Å²) in [5.41, 5.74) is 8.47. The lowest BCUT2D eigenvalue weighted by atomic mass is 10.0. The van der Waals surface area contributed by atoms with Gasteiger partial charge in [0, 0.05) is 39.5 Å². The van der Waals surface area contributed by atoms with Crippen molar-refractivity contribution in [3.63, 3.8) is 0 Å². The van der Waals surface area contributed by atoms with Gasteiger partial charge in [0.05, 0.1) is 39.7 Å². The summed E-state index contributed by atoms with van der Waals surface area (Å²) >= 11 is 1.48. The van der Waals surface area contributed by atoms with Crippen LogP contribution in [0, 0.1) is 0 Å². The highest BCUT2D eigenvalue weighted by molar-refractivity contribution is 7.17. The quantitative estimate of drug-likeness (QED) is 0.144. The van der Waals surface area contributed by atoms with Gasteiger partial charge in [0.25, 0.3) is 0 Å². The molecule has 3 N–H and O–H groups in total. The number of ketones is 1. The number of aromatic nitrogens is 5. The Kier molecular flexibility index (Phi) is 7.18. The maximum absolute atomic E-state index is 11.8. The minimum absolute atomic E-state index is 0.0651. The molecule has 0 unspecified atom stereocenters. The van der Waals surface area contributed by atoms with E-state index in [2.05, 4.69) is 70.2 Å². The van der Waals surface area contributed by atoms with E-state index in [4.69, 9.17) is 4.98 Å². The van der Waals surface area contributed by atoms with Crippen LogP contribution in [0.5, 0.6) is 0 Å². The van der Waals surface area contributed by atoms with Crippen molar-refractivity contribution in [2.75, 3.05) is 13.1 Å². The van der Waals surface area contributed by atoms with Gasteiger partial charge in [0.1, 0.15) is 5.69 Å². The van der Waals surface area contributed by atoms with E-state index in [0.717, 1.165) is 78.4 Å². The Balaban J connectivity index is 1.59. The molecule has 0 aromatic carbocycles. The highest BCUT2D eigenvalue weighted by Gasteiger charge is 2.16. The van der Waals surface area contributed by atoms with Crippen LogP contribution >= 0.6 is 11.3 Å². The number of H-pyrrole nitrogens is 2. The van der Waals surface area contributed by atoms with Crippen LogP contribution in [0.25, 0.3) is 49.2 Å². The summed E-state index contributed by atoms with van der Waals surface area (Å²) in [7, 11) is 0. The zero-order valence-electron chi connectivity index (χ0n) is 22.0. The number of nitrogens with zero attached hydrogens (tertiary/aromatic N) is 3. The van der Waals surface area contributed by atoms with E-state index in [1.54, 1.807) is 6.92 Å². The van der Waals surface area contributed by atoms with Crippen LogP contribution in [0.3, 0.4) is 0 Å². The number of hydrogen-bond acceptors (Lipinski definition) is 6. The van der Waals surface area contributed by atoms with E-state index in [9.17, 15) is 4.79 Å². The van der Waals surface area contributed by atoms with E-state index in [1.807, 2.05) is 37.6 Å². The number of carbonyl (C=O) groups excluding carboxylic acids is 1. The maximum atomic E-state index is 11.8. The van der Waals surface area contributed by atoms with E-state index >= 15 is 0 Å². The zero-order chi connectivity index (χ0) is 26.8. The monoisotopic (exact) mass is 522 g/mol. The van der Waals surface area contributed by atoms with Gasteiger partial charge in [-0.25, -0.2) is 0 Å². The van der Waals surface area contributed by atoms with Crippen molar-refractivity contribution in [3.05, 3.63) is 83.3 Å². The van der Waals surface area contributed by atoms with Crippen LogP contribution in [0.2, 0.25) is 0 Å². The van der Waals surface area contributed by atoms with Crippen LogP contribution < -0.4 is 5.32 Å². The Labute approximate surface area is 225 Å². The molecule has 5 aromatic heterocycles. The summed E-state index contributed by atoms with van der Waals surface area (Å²) in [4.78, 5) is 26.2. The maximum Gasteiger partial charge on any atom is 0.169 e. The molecule has 192 valence electrons. The number of Topliss-reactive ketones (excluding diaryl/α,β-unsaturated/α-hetero) is 1. The van der Waals surface area contributed by atoms with Gasteiger partial charge in [-0.15, -0.1) is 11.3 Å². The number of fused-ring (bicyclic) bond motifs is 2. The van der Waals surface area contributed by atoms with Gasteiger partial charge in [0.2, 0.25) is 0 Å². The molecule has 5 aromatic rings. The van der Waals surface area contributed by atoms with Crippen LogP contribution in [-0.2, 0) is 0 Å². The van der Waals surface area contributed by atoms with Crippen LogP contribution in [0.1, 0.15) is 43.1 Å². The Morgan fingerprint density at radius 2 is 1.92 bits per heavy atom. The molecule has 0 bridgehead atoms. The molecule has 0 amide bonds. The summed E-state index contributed by atoms with van der Waals surface area (Å²) in [5, 5.41) is 13.1. The number of likely N-dealkylation sites (N-methyl/N-ethyl adjacent to an activating group) is 1. The number of pyridine rings is 2. The van der Waals surface area contributed by atoms with Gasteiger partial charge >= 0.3 is 0 Å². The lowest BCUT2D eigenvalue weighted by Gasteiger charge is -2.07. The first kappa shape index (κ1) is 25.5. The molecular formula is C30H30N6OS. The third kappa shape index (κ3) is 5.14. The molecule has 0 atom stereocenters. The van der Waals surface area contributed by atoms with Gasteiger partial charge in [-0.05, 0) is 51.6 Å². The fourth-order valence-electron chi connectivity index (χ4n) is 4.42. The Morgan fingerprint density at radius 3 is 2.66 bits per heavy atom.